The molecule has 0 aromatic carbocycles. The highest BCUT2D eigenvalue weighted by molar-refractivity contribution is 6.01. The summed E-state index contributed by atoms with van der Waals surface area (Å²) >= 11 is 0. The van der Waals surface area contributed by atoms with E-state index in [9.17, 15) is 14.4 Å². The molecule has 0 bridgehead atoms. The summed E-state index contributed by atoms with van der Waals surface area (Å²) < 4.78 is 5.63. The van der Waals surface area contributed by atoms with Gasteiger partial charge in [0.25, 0.3) is 0 Å². The average Bonchev–Trinajstić information content (AvgIpc) is 3.01. The summed E-state index contributed by atoms with van der Waals surface area (Å²) in [7, 11) is 0. The number of aromatic nitrogens is 1. The third-order valence-corrected chi connectivity index (χ3v) is 5.10. The Labute approximate surface area is 165 Å². The van der Waals surface area contributed by atoms with E-state index >= 15 is 0 Å². The second-order valence-corrected chi connectivity index (χ2v) is 7.59. The van der Waals surface area contributed by atoms with Crippen molar-refractivity contribution in [3.8, 4) is 0 Å². The Hall–Kier alpha value is -2.48. The summed E-state index contributed by atoms with van der Waals surface area (Å²) in [6.07, 6.45) is 1.76. The molecule has 2 fully saturated rings. The molecule has 8 heteroatoms. The lowest BCUT2D eigenvalue weighted by molar-refractivity contribution is -0.158. The summed E-state index contributed by atoms with van der Waals surface area (Å²) in [5.41, 5.74) is 0. The largest absolute Gasteiger partial charge is 0.459 e. The molecule has 3 rings (SSSR count). The Balaban J connectivity index is 1.58. The first-order valence-electron chi connectivity index (χ1n) is 9.86. The molecular formula is C20H28N4O4. The number of nitrogens with zero attached hydrogens (tertiary/aromatic N) is 4. The van der Waals surface area contributed by atoms with Crippen LogP contribution in [0.3, 0.4) is 0 Å². The lowest BCUT2D eigenvalue weighted by Gasteiger charge is -2.37. The van der Waals surface area contributed by atoms with E-state index in [1.165, 1.54) is 4.90 Å². The molecule has 1 atom stereocenters. The smallest absolute Gasteiger partial charge is 0.308 e. The normalized spacial score (nSPS) is 19.4. The number of rotatable bonds is 7. The predicted octanol–water partition coefficient (Wildman–Crippen LogP) is 0.920. The van der Waals surface area contributed by atoms with E-state index in [1.54, 1.807) is 20.0 Å². The standard InChI is InChI=1S/C20H28N4O4/c1-15(2)20(27)28-16(14-24-18(25)6-7-19(24)26)13-22-9-11-23(12-10-22)17-5-3-4-8-21-17/h3-5,8,15-16H,6-7,9-14H2,1-2H3. The van der Waals surface area contributed by atoms with Gasteiger partial charge in [-0.25, -0.2) is 4.98 Å². The van der Waals surface area contributed by atoms with Crippen LogP contribution in [-0.4, -0.2) is 77.9 Å². The Morgan fingerprint density at radius 1 is 1.07 bits per heavy atom. The number of imide groups is 1. The van der Waals surface area contributed by atoms with Crippen LogP contribution in [0.5, 0.6) is 0 Å². The first-order chi connectivity index (χ1) is 13.4. The van der Waals surface area contributed by atoms with Gasteiger partial charge in [0, 0.05) is 51.8 Å². The molecular weight excluding hydrogens is 360 g/mol. The van der Waals surface area contributed by atoms with Gasteiger partial charge in [-0.05, 0) is 12.1 Å². The van der Waals surface area contributed by atoms with Gasteiger partial charge in [0.2, 0.25) is 11.8 Å². The van der Waals surface area contributed by atoms with E-state index < -0.39 is 6.10 Å². The maximum atomic E-state index is 12.1. The minimum Gasteiger partial charge on any atom is -0.459 e. The van der Waals surface area contributed by atoms with Gasteiger partial charge in [0.05, 0.1) is 12.5 Å². The number of esters is 1. The molecule has 28 heavy (non-hydrogen) atoms. The quantitative estimate of drug-likeness (QED) is 0.507. The molecule has 0 saturated carbocycles. The number of amides is 2. The second-order valence-electron chi connectivity index (χ2n) is 7.59. The van der Waals surface area contributed by atoms with Gasteiger partial charge in [-0.3, -0.25) is 24.2 Å². The SMILES string of the molecule is CC(C)C(=O)OC(CN1CCN(c2ccccn2)CC1)CN1C(=O)CCC1=O. The third kappa shape index (κ3) is 5.07. The lowest BCUT2D eigenvalue weighted by atomic mass is 10.2. The highest BCUT2D eigenvalue weighted by atomic mass is 16.5. The average molecular weight is 388 g/mol. The Morgan fingerprint density at radius 3 is 2.32 bits per heavy atom. The number of carbonyl (C=O) groups is 3. The highest BCUT2D eigenvalue weighted by Crippen LogP contribution is 2.16. The van der Waals surface area contributed by atoms with Gasteiger partial charge in [-0.1, -0.05) is 19.9 Å². The summed E-state index contributed by atoms with van der Waals surface area (Å²) in [6.45, 7) is 7.44. The molecule has 1 unspecified atom stereocenters. The number of ether oxygens (including phenoxy) is 1. The van der Waals surface area contributed by atoms with E-state index in [1.807, 2.05) is 18.2 Å². The van der Waals surface area contributed by atoms with Crippen molar-refractivity contribution in [3.05, 3.63) is 24.4 Å². The van der Waals surface area contributed by atoms with Gasteiger partial charge in [0.15, 0.2) is 0 Å². The van der Waals surface area contributed by atoms with Crippen molar-refractivity contribution < 1.29 is 19.1 Å². The summed E-state index contributed by atoms with van der Waals surface area (Å²) in [5, 5.41) is 0. The number of hydrogen-bond acceptors (Lipinski definition) is 7. The van der Waals surface area contributed by atoms with Crippen LogP contribution >= 0.6 is 0 Å². The molecule has 1 aromatic rings. The number of carbonyl (C=O) groups excluding carboxylic acids is 3. The fraction of sp³-hybridized carbons (Fsp3) is 0.600. The van der Waals surface area contributed by atoms with E-state index in [0.717, 1.165) is 32.0 Å². The van der Waals surface area contributed by atoms with Crippen molar-refractivity contribution in [2.45, 2.75) is 32.8 Å². The summed E-state index contributed by atoms with van der Waals surface area (Å²) in [6, 6.07) is 5.86. The van der Waals surface area contributed by atoms with Crippen LogP contribution < -0.4 is 4.90 Å². The third-order valence-electron chi connectivity index (χ3n) is 5.10. The fourth-order valence-electron chi connectivity index (χ4n) is 3.45. The first-order valence-corrected chi connectivity index (χ1v) is 9.86. The molecule has 2 aliphatic heterocycles. The van der Waals surface area contributed by atoms with Crippen molar-refractivity contribution in [3.63, 3.8) is 0 Å². The topological polar surface area (TPSA) is 83.1 Å². The molecule has 2 amide bonds. The maximum absolute atomic E-state index is 12.1. The van der Waals surface area contributed by atoms with Gasteiger partial charge in [0.1, 0.15) is 11.9 Å². The van der Waals surface area contributed by atoms with E-state index in [2.05, 4.69) is 14.8 Å². The lowest BCUT2D eigenvalue weighted by Crippen LogP contribution is -2.51. The number of anilines is 1. The van der Waals surface area contributed by atoms with Gasteiger partial charge in [-0.15, -0.1) is 0 Å². The molecule has 0 N–H and O–H groups in total. The van der Waals surface area contributed by atoms with Crippen LogP contribution in [0.2, 0.25) is 0 Å². The van der Waals surface area contributed by atoms with E-state index in [0.29, 0.717) is 6.54 Å². The second kappa shape index (κ2) is 9.14. The van der Waals surface area contributed by atoms with Crippen molar-refractivity contribution in [1.82, 2.24) is 14.8 Å². The zero-order valence-electron chi connectivity index (χ0n) is 16.5. The Morgan fingerprint density at radius 2 is 1.75 bits per heavy atom. The van der Waals surface area contributed by atoms with Crippen LogP contribution in [0.1, 0.15) is 26.7 Å². The molecule has 0 aliphatic carbocycles. The first kappa shape index (κ1) is 20.3. The number of pyridine rings is 1. The number of likely N-dealkylation sites (tertiary alicyclic amines) is 1. The molecule has 0 spiro atoms. The molecule has 1 aromatic heterocycles. The minimum absolute atomic E-state index is 0.135. The van der Waals surface area contributed by atoms with Crippen molar-refractivity contribution in [2.75, 3.05) is 44.2 Å². The van der Waals surface area contributed by atoms with Crippen molar-refractivity contribution in [1.29, 1.82) is 0 Å². The Bertz CT molecular complexity index is 685. The van der Waals surface area contributed by atoms with Gasteiger partial charge >= 0.3 is 5.97 Å². The van der Waals surface area contributed by atoms with Crippen molar-refractivity contribution in [2.24, 2.45) is 5.92 Å². The van der Waals surface area contributed by atoms with Crippen molar-refractivity contribution >= 4 is 23.6 Å². The zero-order chi connectivity index (χ0) is 20.1. The summed E-state index contributed by atoms with van der Waals surface area (Å²) in [4.78, 5) is 46.1. The molecule has 3 heterocycles. The molecule has 8 nitrogen and oxygen atoms in total. The number of hydrogen-bond donors (Lipinski definition) is 0. The monoisotopic (exact) mass is 388 g/mol. The van der Waals surface area contributed by atoms with Gasteiger partial charge < -0.3 is 9.64 Å². The Kier molecular flexibility index (Phi) is 6.61. The zero-order valence-corrected chi connectivity index (χ0v) is 16.5. The molecule has 0 radical (unpaired) electrons. The minimum atomic E-state index is -0.512. The van der Waals surface area contributed by atoms with E-state index in [4.69, 9.17) is 4.74 Å². The molecule has 2 aliphatic rings. The van der Waals surface area contributed by atoms with Crippen LogP contribution in [0.15, 0.2) is 24.4 Å². The molecule has 2 saturated heterocycles. The van der Waals surface area contributed by atoms with Gasteiger partial charge in [-0.2, -0.15) is 0 Å². The highest BCUT2D eigenvalue weighted by Gasteiger charge is 2.33. The fourth-order valence-corrected chi connectivity index (χ4v) is 3.45. The van der Waals surface area contributed by atoms with Crippen LogP contribution in [0.25, 0.3) is 0 Å². The van der Waals surface area contributed by atoms with Crippen LogP contribution in [-0.2, 0) is 19.1 Å². The summed E-state index contributed by atoms with van der Waals surface area (Å²) in [5.74, 6) is 0.0222. The van der Waals surface area contributed by atoms with E-state index in [-0.39, 0.29) is 43.1 Å². The number of piperazine rings is 1. The predicted molar refractivity (Wildman–Crippen MR) is 104 cm³/mol. The van der Waals surface area contributed by atoms with Crippen LogP contribution in [0, 0.1) is 5.92 Å². The van der Waals surface area contributed by atoms with Crippen LogP contribution in [0.4, 0.5) is 5.82 Å². The molecule has 152 valence electrons. The maximum Gasteiger partial charge on any atom is 0.308 e.